The molecular weight excluding hydrogens is 381 g/mol. The molecule has 3 rings (SSSR count). The maximum absolute atomic E-state index is 2.20. The second kappa shape index (κ2) is 16.6. The van der Waals surface area contributed by atoms with E-state index in [4.69, 9.17) is 0 Å². The molecule has 0 aromatic carbocycles. The van der Waals surface area contributed by atoms with Crippen molar-refractivity contribution in [2.45, 2.75) is 59.3 Å². The molecule has 0 amide bonds. The molecule has 0 unspecified atom stereocenters. The molecule has 25 heavy (non-hydrogen) atoms. The van der Waals surface area contributed by atoms with Gasteiger partial charge in [-0.15, -0.1) is 0 Å². The molecule has 0 heterocycles. The van der Waals surface area contributed by atoms with Gasteiger partial charge in [-0.2, -0.15) is 0 Å². The zero-order chi connectivity index (χ0) is 17.5. The Morgan fingerprint density at radius 2 is 0.760 bits per heavy atom. The van der Waals surface area contributed by atoms with Crippen LogP contribution < -0.4 is 0 Å². The summed E-state index contributed by atoms with van der Waals surface area (Å²) in [6.07, 6.45) is 33.0. The monoisotopic (exact) mass is 414 g/mol. The summed E-state index contributed by atoms with van der Waals surface area (Å²) in [6.45, 7) is 6.60. The molecule has 0 spiro atoms. The predicted octanol–water partition coefficient (Wildman–Crippen LogP) is 7.46. The van der Waals surface area contributed by atoms with Crippen molar-refractivity contribution in [2.75, 3.05) is 0 Å². The molecule has 0 saturated carbocycles. The molecule has 0 aromatic rings. The fraction of sp³-hybridized carbons (Fsp3) is 0.375. The second-order valence-electron chi connectivity index (χ2n) is 6.13. The van der Waals surface area contributed by atoms with Crippen LogP contribution in [0.15, 0.2) is 71.4 Å². The third kappa shape index (κ3) is 12.2. The fourth-order valence-corrected chi connectivity index (χ4v) is 2.61. The molecule has 1 heteroatoms. The van der Waals surface area contributed by atoms with E-state index in [1.54, 1.807) is 0 Å². The van der Waals surface area contributed by atoms with Gasteiger partial charge in [0.15, 0.2) is 0 Å². The molecular formula is C24H33Nb. The Balaban J connectivity index is 0.000000339. The maximum atomic E-state index is 2.20. The van der Waals surface area contributed by atoms with Crippen LogP contribution in [0.3, 0.4) is 0 Å². The van der Waals surface area contributed by atoms with Gasteiger partial charge in [-0.25, -0.2) is 0 Å². The molecule has 3 aliphatic rings. The number of allylic oxidation sites excluding steroid dienone is 12. The molecule has 4 radical (unpaired) electrons. The first-order chi connectivity index (χ1) is 11.8. The predicted molar refractivity (Wildman–Crippen MR) is 109 cm³/mol. The van der Waals surface area contributed by atoms with E-state index in [1.807, 2.05) is 0 Å². The van der Waals surface area contributed by atoms with Crippen molar-refractivity contribution in [2.24, 2.45) is 0 Å². The summed E-state index contributed by atoms with van der Waals surface area (Å²) in [7, 11) is 0. The molecule has 0 aromatic heterocycles. The van der Waals surface area contributed by atoms with Gasteiger partial charge >= 0.3 is 0 Å². The van der Waals surface area contributed by atoms with Crippen molar-refractivity contribution >= 4 is 0 Å². The summed E-state index contributed by atoms with van der Waals surface area (Å²) in [5.74, 6) is 0. The zero-order valence-corrected chi connectivity index (χ0v) is 18.3. The topological polar surface area (TPSA) is 0 Å². The minimum Gasteiger partial charge on any atom is -0.0764 e. The van der Waals surface area contributed by atoms with E-state index in [0.717, 1.165) is 0 Å². The Hall–Kier alpha value is -0.820. The van der Waals surface area contributed by atoms with Gasteiger partial charge in [-0.1, -0.05) is 111 Å². The molecule has 0 atom stereocenters. The Morgan fingerprint density at radius 1 is 0.480 bits per heavy atom. The van der Waals surface area contributed by atoms with E-state index in [9.17, 15) is 0 Å². The van der Waals surface area contributed by atoms with Crippen molar-refractivity contribution in [3.63, 3.8) is 0 Å². The van der Waals surface area contributed by atoms with Crippen LogP contribution in [0.1, 0.15) is 59.3 Å². The van der Waals surface area contributed by atoms with Crippen molar-refractivity contribution in [3.05, 3.63) is 90.7 Å². The standard InChI is InChI=1S/3C8H11.Nb/c3*1-2-5-8-6-3-4-7-8;/h3*3-4,6-7H,2,5H2,1H3;. The average Bonchev–Trinajstić information content (AvgIpc) is 3.33. The van der Waals surface area contributed by atoms with Crippen LogP contribution in [-0.2, 0) is 22.4 Å². The van der Waals surface area contributed by atoms with E-state index in [2.05, 4.69) is 94.7 Å². The van der Waals surface area contributed by atoms with Gasteiger partial charge < -0.3 is 0 Å². The van der Waals surface area contributed by atoms with Crippen LogP contribution in [0.5, 0.6) is 0 Å². The van der Waals surface area contributed by atoms with Gasteiger partial charge in [0.05, 0.1) is 0 Å². The van der Waals surface area contributed by atoms with Gasteiger partial charge in [0.1, 0.15) is 0 Å². The van der Waals surface area contributed by atoms with E-state index in [-0.39, 0.29) is 22.4 Å². The molecule has 0 N–H and O–H groups in total. The Morgan fingerprint density at radius 3 is 0.920 bits per heavy atom. The van der Waals surface area contributed by atoms with Gasteiger partial charge in [-0.3, -0.25) is 0 Å². The molecule has 0 aliphatic heterocycles. The largest absolute Gasteiger partial charge is 0.0764 e. The Bertz CT molecular complexity index is 436. The molecule has 3 aliphatic carbocycles. The zero-order valence-electron chi connectivity index (χ0n) is 16.1. The first-order valence-corrected chi connectivity index (χ1v) is 9.41. The average molecular weight is 414 g/mol. The van der Waals surface area contributed by atoms with Crippen molar-refractivity contribution in [1.29, 1.82) is 0 Å². The second-order valence-corrected chi connectivity index (χ2v) is 6.13. The van der Waals surface area contributed by atoms with Gasteiger partial charge in [0, 0.05) is 41.6 Å². The smallest absolute Gasteiger partial charge is 0.00834 e. The normalized spacial score (nSPS) is 16.2. The minimum atomic E-state index is 0. The van der Waals surface area contributed by atoms with Crippen molar-refractivity contribution in [1.82, 2.24) is 0 Å². The van der Waals surface area contributed by atoms with Crippen LogP contribution in [-0.4, -0.2) is 0 Å². The van der Waals surface area contributed by atoms with Crippen LogP contribution >= 0.6 is 0 Å². The van der Waals surface area contributed by atoms with E-state index < -0.39 is 0 Å². The Kier molecular flexibility index (Phi) is 16.1. The SMILES string of the molecule is CCCC1=CC=C[CH]1.CCCC1=CC=C[CH]1.CCCC1=CC=C[CH]1.[Nb]. The minimum absolute atomic E-state index is 0. The Labute approximate surface area is 172 Å². The number of hydrogen-bond donors (Lipinski definition) is 0. The third-order valence-electron chi connectivity index (χ3n) is 3.81. The van der Waals surface area contributed by atoms with E-state index in [0.29, 0.717) is 0 Å². The number of hydrogen-bond acceptors (Lipinski definition) is 0. The quantitative estimate of drug-likeness (QED) is 0.396. The van der Waals surface area contributed by atoms with Crippen molar-refractivity contribution in [3.8, 4) is 0 Å². The molecule has 0 fully saturated rings. The first-order valence-electron chi connectivity index (χ1n) is 9.41. The van der Waals surface area contributed by atoms with Crippen LogP contribution in [0, 0.1) is 19.3 Å². The summed E-state index contributed by atoms with van der Waals surface area (Å²) in [6, 6.07) is 0. The summed E-state index contributed by atoms with van der Waals surface area (Å²) in [5, 5.41) is 0. The van der Waals surface area contributed by atoms with Crippen LogP contribution in [0.4, 0.5) is 0 Å². The fourth-order valence-electron chi connectivity index (χ4n) is 2.61. The van der Waals surface area contributed by atoms with E-state index >= 15 is 0 Å². The summed E-state index contributed by atoms with van der Waals surface area (Å²) < 4.78 is 0. The number of rotatable bonds is 6. The maximum Gasteiger partial charge on any atom is 0.00834 e. The third-order valence-corrected chi connectivity index (χ3v) is 3.81. The van der Waals surface area contributed by atoms with E-state index in [1.165, 1.54) is 55.2 Å². The van der Waals surface area contributed by atoms with Gasteiger partial charge in [-0.05, 0) is 19.3 Å². The summed E-state index contributed by atoms with van der Waals surface area (Å²) in [4.78, 5) is 0. The molecule has 0 bridgehead atoms. The van der Waals surface area contributed by atoms with Gasteiger partial charge in [0.2, 0.25) is 0 Å². The molecule has 134 valence electrons. The van der Waals surface area contributed by atoms with Crippen molar-refractivity contribution < 1.29 is 22.4 Å². The first kappa shape index (κ1) is 24.2. The molecule has 0 nitrogen and oxygen atoms in total. The van der Waals surface area contributed by atoms with Gasteiger partial charge in [0.25, 0.3) is 0 Å². The summed E-state index contributed by atoms with van der Waals surface area (Å²) in [5.41, 5.74) is 4.40. The summed E-state index contributed by atoms with van der Waals surface area (Å²) >= 11 is 0. The van der Waals surface area contributed by atoms with Crippen LogP contribution in [0.2, 0.25) is 0 Å². The molecule has 0 saturated heterocycles. The van der Waals surface area contributed by atoms with Crippen LogP contribution in [0.25, 0.3) is 0 Å².